The van der Waals surface area contributed by atoms with Crippen molar-refractivity contribution in [2.45, 2.75) is 52.2 Å². The van der Waals surface area contributed by atoms with Crippen molar-refractivity contribution >= 4 is 5.91 Å². The second-order valence-electron chi connectivity index (χ2n) is 8.42. The van der Waals surface area contributed by atoms with Crippen LogP contribution in [0.3, 0.4) is 0 Å². The van der Waals surface area contributed by atoms with Gasteiger partial charge in [-0.1, -0.05) is 60.2 Å². The zero-order chi connectivity index (χ0) is 21.6. The van der Waals surface area contributed by atoms with Gasteiger partial charge in [-0.15, -0.1) is 10.2 Å². The second kappa shape index (κ2) is 9.88. The van der Waals surface area contributed by atoms with Gasteiger partial charge < -0.3 is 9.88 Å². The Bertz CT molecular complexity index is 1010. The number of rotatable bonds is 7. The number of nitrogens with zero attached hydrogens (tertiary/aromatic N) is 4. The predicted octanol–water partition coefficient (Wildman–Crippen LogP) is 3.45. The van der Waals surface area contributed by atoms with Crippen LogP contribution in [-0.2, 0) is 30.7 Å². The normalized spacial score (nSPS) is 15.2. The van der Waals surface area contributed by atoms with Gasteiger partial charge in [-0.05, 0) is 31.4 Å². The Morgan fingerprint density at radius 2 is 1.84 bits per heavy atom. The van der Waals surface area contributed by atoms with E-state index in [0.717, 1.165) is 50.7 Å². The molecule has 3 aromatic rings. The van der Waals surface area contributed by atoms with E-state index in [4.69, 9.17) is 0 Å². The van der Waals surface area contributed by atoms with E-state index in [1.54, 1.807) is 0 Å². The second-order valence-corrected chi connectivity index (χ2v) is 8.42. The van der Waals surface area contributed by atoms with Gasteiger partial charge in [0, 0.05) is 39.0 Å². The van der Waals surface area contributed by atoms with Gasteiger partial charge in [-0.2, -0.15) is 0 Å². The Kier molecular flexibility index (Phi) is 6.77. The molecule has 1 aliphatic heterocycles. The van der Waals surface area contributed by atoms with Gasteiger partial charge in [0.15, 0.2) is 5.82 Å². The molecule has 162 valence electrons. The Morgan fingerprint density at radius 3 is 2.65 bits per heavy atom. The van der Waals surface area contributed by atoms with Crippen molar-refractivity contribution < 1.29 is 4.79 Å². The molecule has 0 saturated carbocycles. The molecule has 1 aromatic heterocycles. The van der Waals surface area contributed by atoms with E-state index in [0.29, 0.717) is 6.42 Å². The summed E-state index contributed by atoms with van der Waals surface area (Å²) in [7, 11) is 0. The standard InChI is InChI=1S/C25H31N5O/c1-19-7-6-10-22(17-19)18-29-14-13-23-27-28-25(30(23)16-15-29)20(2)26-24(31)12-11-21-8-4-3-5-9-21/h3-10,17,20H,11-16,18H2,1-2H3,(H,26,31)/t20-/m0/s1. The number of hydrogen-bond acceptors (Lipinski definition) is 4. The van der Waals surface area contributed by atoms with Crippen molar-refractivity contribution in [3.8, 4) is 0 Å². The average molecular weight is 418 g/mol. The molecule has 6 heteroatoms. The van der Waals surface area contributed by atoms with Crippen LogP contribution in [0.15, 0.2) is 54.6 Å². The largest absolute Gasteiger partial charge is 0.346 e. The van der Waals surface area contributed by atoms with Crippen LogP contribution < -0.4 is 5.32 Å². The maximum absolute atomic E-state index is 12.5. The number of nitrogens with one attached hydrogen (secondary N) is 1. The van der Waals surface area contributed by atoms with Crippen LogP contribution in [-0.4, -0.2) is 38.7 Å². The van der Waals surface area contributed by atoms with E-state index < -0.39 is 0 Å². The first-order valence-electron chi connectivity index (χ1n) is 11.1. The van der Waals surface area contributed by atoms with Crippen molar-refractivity contribution in [3.63, 3.8) is 0 Å². The molecule has 0 spiro atoms. The van der Waals surface area contributed by atoms with Crippen LogP contribution in [0.25, 0.3) is 0 Å². The first kappa shape index (κ1) is 21.2. The van der Waals surface area contributed by atoms with Gasteiger partial charge in [0.1, 0.15) is 5.82 Å². The Balaban J connectivity index is 1.33. The molecule has 6 nitrogen and oxygen atoms in total. The van der Waals surface area contributed by atoms with Gasteiger partial charge >= 0.3 is 0 Å². The highest BCUT2D eigenvalue weighted by molar-refractivity contribution is 5.76. The summed E-state index contributed by atoms with van der Waals surface area (Å²) in [6.45, 7) is 7.82. The first-order chi connectivity index (χ1) is 15.1. The third-order valence-electron chi connectivity index (χ3n) is 5.88. The van der Waals surface area contributed by atoms with Gasteiger partial charge in [-0.3, -0.25) is 9.69 Å². The third kappa shape index (κ3) is 5.58. The summed E-state index contributed by atoms with van der Waals surface area (Å²) in [5.41, 5.74) is 3.82. The minimum atomic E-state index is -0.159. The maximum Gasteiger partial charge on any atom is 0.220 e. The summed E-state index contributed by atoms with van der Waals surface area (Å²) in [6.07, 6.45) is 2.08. The summed E-state index contributed by atoms with van der Waals surface area (Å²) >= 11 is 0. The molecule has 0 bridgehead atoms. The topological polar surface area (TPSA) is 63.1 Å². The van der Waals surface area contributed by atoms with Crippen LogP contribution in [0, 0.1) is 6.92 Å². The zero-order valence-corrected chi connectivity index (χ0v) is 18.4. The molecule has 0 radical (unpaired) electrons. The minimum Gasteiger partial charge on any atom is -0.346 e. The van der Waals surface area contributed by atoms with Gasteiger partial charge in [0.2, 0.25) is 5.91 Å². The quantitative estimate of drug-likeness (QED) is 0.640. The average Bonchev–Trinajstić information content (AvgIpc) is 3.08. The molecular weight excluding hydrogens is 386 g/mol. The number of fused-ring (bicyclic) bond motifs is 1. The number of benzene rings is 2. The number of carbonyl (C=O) groups excluding carboxylic acids is 1. The molecule has 1 amide bonds. The number of aromatic nitrogens is 3. The van der Waals surface area contributed by atoms with E-state index >= 15 is 0 Å². The summed E-state index contributed by atoms with van der Waals surface area (Å²) < 4.78 is 2.19. The van der Waals surface area contributed by atoms with Crippen LogP contribution in [0.1, 0.15) is 47.7 Å². The van der Waals surface area contributed by atoms with Gasteiger partial charge in [0.05, 0.1) is 6.04 Å². The SMILES string of the molecule is Cc1cccc(CN2CCc3nnc([C@H](C)NC(=O)CCc4ccccc4)n3CC2)c1. The summed E-state index contributed by atoms with van der Waals surface area (Å²) in [5.74, 6) is 1.90. The van der Waals surface area contributed by atoms with Crippen LogP contribution >= 0.6 is 0 Å². The lowest BCUT2D eigenvalue weighted by atomic mass is 10.1. The number of hydrogen-bond donors (Lipinski definition) is 1. The lowest BCUT2D eigenvalue weighted by Gasteiger charge is -2.20. The first-order valence-corrected chi connectivity index (χ1v) is 11.1. The number of aryl methyl sites for hydroxylation is 2. The smallest absolute Gasteiger partial charge is 0.220 e. The Hall–Kier alpha value is -2.99. The molecule has 4 rings (SSSR count). The predicted molar refractivity (Wildman–Crippen MR) is 122 cm³/mol. The fourth-order valence-electron chi connectivity index (χ4n) is 4.22. The van der Waals surface area contributed by atoms with Crippen molar-refractivity contribution in [3.05, 3.63) is 82.9 Å². The molecule has 0 fully saturated rings. The van der Waals surface area contributed by atoms with E-state index in [1.165, 1.54) is 16.7 Å². The van der Waals surface area contributed by atoms with Crippen molar-refractivity contribution in [1.82, 2.24) is 25.0 Å². The molecule has 2 aromatic carbocycles. The summed E-state index contributed by atoms with van der Waals surface area (Å²) in [5, 5.41) is 11.9. The van der Waals surface area contributed by atoms with Crippen molar-refractivity contribution in [2.75, 3.05) is 13.1 Å². The molecule has 31 heavy (non-hydrogen) atoms. The monoisotopic (exact) mass is 417 g/mol. The maximum atomic E-state index is 12.5. The fourth-order valence-corrected chi connectivity index (χ4v) is 4.22. The van der Waals surface area contributed by atoms with Crippen molar-refractivity contribution in [1.29, 1.82) is 0 Å². The number of carbonyl (C=O) groups is 1. The molecule has 0 saturated heterocycles. The lowest BCUT2D eigenvalue weighted by Crippen LogP contribution is -2.30. The van der Waals surface area contributed by atoms with E-state index in [2.05, 4.69) is 68.3 Å². The van der Waals surface area contributed by atoms with E-state index in [9.17, 15) is 4.79 Å². The molecule has 2 heterocycles. The van der Waals surface area contributed by atoms with Gasteiger partial charge in [0.25, 0.3) is 0 Å². The Labute approximate surface area is 184 Å². The highest BCUT2D eigenvalue weighted by Gasteiger charge is 2.22. The van der Waals surface area contributed by atoms with Crippen LogP contribution in [0.4, 0.5) is 0 Å². The molecular formula is C25H31N5O. The fraction of sp³-hybridized carbons (Fsp3) is 0.400. The zero-order valence-electron chi connectivity index (χ0n) is 18.4. The lowest BCUT2D eigenvalue weighted by molar-refractivity contribution is -0.121. The third-order valence-corrected chi connectivity index (χ3v) is 5.88. The van der Waals surface area contributed by atoms with E-state index in [-0.39, 0.29) is 11.9 Å². The summed E-state index contributed by atoms with van der Waals surface area (Å²) in [6, 6.07) is 18.6. The molecule has 1 atom stereocenters. The highest BCUT2D eigenvalue weighted by Crippen LogP contribution is 2.17. The van der Waals surface area contributed by atoms with Crippen LogP contribution in [0.5, 0.6) is 0 Å². The molecule has 1 N–H and O–H groups in total. The minimum absolute atomic E-state index is 0.0448. The highest BCUT2D eigenvalue weighted by atomic mass is 16.1. The van der Waals surface area contributed by atoms with E-state index in [1.807, 2.05) is 25.1 Å². The Morgan fingerprint density at radius 1 is 1.03 bits per heavy atom. The molecule has 0 aliphatic carbocycles. The molecule has 0 unspecified atom stereocenters. The molecule has 1 aliphatic rings. The number of amides is 1. The van der Waals surface area contributed by atoms with Crippen molar-refractivity contribution in [2.24, 2.45) is 0 Å². The van der Waals surface area contributed by atoms with Crippen LogP contribution in [0.2, 0.25) is 0 Å². The van der Waals surface area contributed by atoms with Gasteiger partial charge in [-0.25, -0.2) is 0 Å². The summed E-state index contributed by atoms with van der Waals surface area (Å²) in [4.78, 5) is 14.9.